The molecule has 1 aliphatic rings. The van der Waals surface area contributed by atoms with Gasteiger partial charge in [-0.15, -0.1) is 11.3 Å². The summed E-state index contributed by atoms with van der Waals surface area (Å²) in [7, 11) is 1.44. The van der Waals surface area contributed by atoms with E-state index in [1.165, 1.54) is 24.7 Å². The summed E-state index contributed by atoms with van der Waals surface area (Å²) < 4.78 is 10.7. The Morgan fingerprint density at radius 1 is 1.38 bits per heavy atom. The van der Waals surface area contributed by atoms with Gasteiger partial charge in [-0.3, -0.25) is 5.32 Å². The van der Waals surface area contributed by atoms with Crippen molar-refractivity contribution in [1.82, 2.24) is 5.43 Å². The van der Waals surface area contributed by atoms with Crippen molar-refractivity contribution in [1.29, 1.82) is 0 Å². The smallest absolute Gasteiger partial charge is 0.341 e. The molecule has 154 valence electrons. The van der Waals surface area contributed by atoms with E-state index in [2.05, 4.69) is 31.8 Å². The molecule has 8 nitrogen and oxygen atoms in total. The molecule has 0 atom stereocenters. The Balaban J connectivity index is 1.70. The minimum Gasteiger partial charge on any atom is -0.503 e. The van der Waals surface area contributed by atoms with E-state index in [4.69, 9.17) is 9.47 Å². The lowest BCUT2D eigenvalue weighted by Crippen LogP contribution is -2.25. The molecule has 1 aromatic heterocycles. The molecule has 0 saturated carbocycles. The van der Waals surface area contributed by atoms with Gasteiger partial charge in [0.15, 0.2) is 11.5 Å². The number of esters is 1. The molecule has 3 rings (SSSR count). The van der Waals surface area contributed by atoms with Crippen LogP contribution in [-0.2, 0) is 17.6 Å². The summed E-state index contributed by atoms with van der Waals surface area (Å²) in [4.78, 5) is 25.7. The van der Waals surface area contributed by atoms with E-state index in [0.717, 1.165) is 29.7 Å². The van der Waals surface area contributed by atoms with E-state index in [1.807, 2.05) is 0 Å². The molecular formula is C19H20BrN3O5S. The SMILES string of the molecule is CCOC(=O)c1c(NC(=O)N/N=C/c2cc(Br)c(O)c(OC)c2)sc2c1CCC2. The molecule has 1 aliphatic carbocycles. The number of aromatic hydroxyl groups is 1. The molecule has 10 heteroatoms. The topological polar surface area (TPSA) is 109 Å². The number of thiophene rings is 1. The van der Waals surface area contributed by atoms with Crippen LogP contribution in [0.2, 0.25) is 0 Å². The number of hydrogen-bond acceptors (Lipinski definition) is 7. The second-order valence-corrected chi connectivity index (χ2v) is 8.12. The van der Waals surface area contributed by atoms with Crippen molar-refractivity contribution in [3.05, 3.63) is 38.2 Å². The van der Waals surface area contributed by atoms with Crippen molar-refractivity contribution in [2.24, 2.45) is 5.10 Å². The molecule has 29 heavy (non-hydrogen) atoms. The van der Waals surface area contributed by atoms with Crippen LogP contribution < -0.4 is 15.5 Å². The first-order valence-corrected chi connectivity index (χ1v) is 10.5. The monoisotopic (exact) mass is 481 g/mol. The number of urea groups is 1. The number of carbonyl (C=O) groups excluding carboxylic acids is 2. The highest BCUT2D eigenvalue weighted by Gasteiger charge is 2.28. The van der Waals surface area contributed by atoms with Crippen molar-refractivity contribution in [3.8, 4) is 11.5 Å². The van der Waals surface area contributed by atoms with Crippen LogP contribution in [0.15, 0.2) is 21.7 Å². The highest BCUT2D eigenvalue weighted by Crippen LogP contribution is 2.39. The first-order chi connectivity index (χ1) is 13.9. The number of phenolic OH excluding ortho intramolecular Hbond substituents is 1. The summed E-state index contributed by atoms with van der Waals surface area (Å²) in [6, 6.07) is 2.63. The summed E-state index contributed by atoms with van der Waals surface area (Å²) in [6.07, 6.45) is 4.10. The van der Waals surface area contributed by atoms with Gasteiger partial charge in [-0.25, -0.2) is 15.0 Å². The Hall–Kier alpha value is -2.59. The highest BCUT2D eigenvalue weighted by molar-refractivity contribution is 9.10. The summed E-state index contributed by atoms with van der Waals surface area (Å²) in [5.74, 6) is -0.170. The molecular weight excluding hydrogens is 462 g/mol. The van der Waals surface area contributed by atoms with Crippen LogP contribution in [0.1, 0.15) is 39.7 Å². The van der Waals surface area contributed by atoms with Crippen molar-refractivity contribution in [3.63, 3.8) is 0 Å². The molecule has 0 saturated heterocycles. The number of nitrogens with one attached hydrogen (secondary N) is 2. The standard InChI is InChI=1S/C19H20BrN3O5S/c1-3-28-18(25)15-11-5-4-6-14(11)29-17(15)22-19(26)23-21-9-10-7-12(20)16(24)13(8-10)27-2/h7-9,24H,3-6H2,1-2H3,(H2,22,23,26)/b21-9+. The van der Waals surface area contributed by atoms with E-state index >= 15 is 0 Å². The lowest BCUT2D eigenvalue weighted by atomic mass is 10.1. The maximum Gasteiger partial charge on any atom is 0.341 e. The van der Waals surface area contributed by atoms with Gasteiger partial charge in [-0.2, -0.15) is 5.10 Å². The Morgan fingerprint density at radius 3 is 2.90 bits per heavy atom. The summed E-state index contributed by atoms with van der Waals surface area (Å²) in [5, 5.41) is 16.9. The minimum absolute atomic E-state index is 0.0207. The maximum atomic E-state index is 12.3. The van der Waals surface area contributed by atoms with Gasteiger partial charge < -0.3 is 14.6 Å². The predicted molar refractivity (Wildman–Crippen MR) is 114 cm³/mol. The Bertz CT molecular complexity index is 973. The van der Waals surface area contributed by atoms with E-state index in [-0.39, 0.29) is 18.1 Å². The zero-order valence-electron chi connectivity index (χ0n) is 15.9. The molecule has 0 spiro atoms. The number of ether oxygens (including phenoxy) is 2. The van der Waals surface area contributed by atoms with E-state index in [9.17, 15) is 14.7 Å². The molecule has 0 fully saturated rings. The molecule has 0 unspecified atom stereocenters. The molecule has 3 N–H and O–H groups in total. The summed E-state index contributed by atoms with van der Waals surface area (Å²) in [6.45, 7) is 2.01. The number of fused-ring (bicyclic) bond motifs is 1. The number of halogens is 1. The zero-order valence-corrected chi connectivity index (χ0v) is 18.3. The van der Waals surface area contributed by atoms with Crippen molar-refractivity contribution in [2.45, 2.75) is 26.2 Å². The van der Waals surface area contributed by atoms with Crippen LogP contribution in [0.25, 0.3) is 0 Å². The second-order valence-electron chi connectivity index (χ2n) is 6.16. The number of aryl methyl sites for hydroxylation is 1. The van der Waals surface area contributed by atoms with E-state index in [1.54, 1.807) is 19.1 Å². The lowest BCUT2D eigenvalue weighted by molar-refractivity contribution is 0.0527. The fourth-order valence-electron chi connectivity index (χ4n) is 3.03. The normalized spacial score (nSPS) is 12.7. The predicted octanol–water partition coefficient (Wildman–Crippen LogP) is 4.05. The van der Waals surface area contributed by atoms with Crippen LogP contribution >= 0.6 is 27.3 Å². The third kappa shape index (κ3) is 4.70. The largest absolute Gasteiger partial charge is 0.503 e. The maximum absolute atomic E-state index is 12.3. The van der Waals surface area contributed by atoms with Crippen LogP contribution in [0, 0.1) is 0 Å². The summed E-state index contributed by atoms with van der Waals surface area (Å²) in [5.41, 5.74) is 4.38. The van der Waals surface area contributed by atoms with Crippen LogP contribution in [-0.4, -0.2) is 37.0 Å². The molecule has 1 heterocycles. The van der Waals surface area contributed by atoms with Crippen LogP contribution in [0.4, 0.5) is 9.80 Å². The quantitative estimate of drug-likeness (QED) is 0.327. The molecule has 2 aromatic rings. The van der Waals surface area contributed by atoms with E-state index in [0.29, 0.717) is 20.6 Å². The number of methoxy groups -OCH3 is 1. The number of hydrazone groups is 1. The molecule has 0 bridgehead atoms. The number of phenols is 1. The van der Waals surface area contributed by atoms with Gasteiger partial charge in [0.05, 0.1) is 30.0 Å². The van der Waals surface area contributed by atoms with Crippen molar-refractivity contribution >= 4 is 50.5 Å². The average molecular weight is 482 g/mol. The van der Waals surface area contributed by atoms with Crippen LogP contribution in [0.5, 0.6) is 11.5 Å². The Morgan fingerprint density at radius 2 is 2.17 bits per heavy atom. The number of hydrogen-bond donors (Lipinski definition) is 3. The third-order valence-electron chi connectivity index (χ3n) is 4.28. The van der Waals surface area contributed by atoms with Crippen molar-refractivity contribution < 1.29 is 24.2 Å². The number of rotatable bonds is 6. The fourth-order valence-corrected chi connectivity index (χ4v) is 4.76. The van der Waals surface area contributed by atoms with Gasteiger partial charge in [0.25, 0.3) is 0 Å². The second kappa shape index (κ2) is 9.27. The van der Waals surface area contributed by atoms with Crippen LogP contribution in [0.3, 0.4) is 0 Å². The summed E-state index contributed by atoms with van der Waals surface area (Å²) >= 11 is 4.62. The number of anilines is 1. The number of carbonyl (C=O) groups is 2. The highest BCUT2D eigenvalue weighted by atomic mass is 79.9. The van der Waals surface area contributed by atoms with Gasteiger partial charge in [-0.1, -0.05) is 0 Å². The number of amides is 2. The first kappa shape index (κ1) is 21.1. The van der Waals surface area contributed by atoms with Gasteiger partial charge >= 0.3 is 12.0 Å². The third-order valence-corrected chi connectivity index (χ3v) is 6.09. The molecule has 2 amide bonds. The van der Waals surface area contributed by atoms with Gasteiger partial charge in [-0.05, 0) is 65.4 Å². The van der Waals surface area contributed by atoms with E-state index < -0.39 is 12.0 Å². The average Bonchev–Trinajstić information content (AvgIpc) is 3.25. The molecule has 1 aromatic carbocycles. The first-order valence-electron chi connectivity index (χ1n) is 8.92. The zero-order chi connectivity index (χ0) is 21.0. The fraction of sp³-hybridized carbons (Fsp3) is 0.316. The number of nitrogens with zero attached hydrogens (tertiary/aromatic N) is 1. The lowest BCUT2D eigenvalue weighted by Gasteiger charge is -2.08. The Kier molecular flexibility index (Phi) is 6.75. The van der Waals surface area contributed by atoms with Gasteiger partial charge in [0.2, 0.25) is 0 Å². The molecule has 0 aliphatic heterocycles. The van der Waals surface area contributed by atoms with Gasteiger partial charge in [0.1, 0.15) is 5.00 Å². The molecule has 0 radical (unpaired) electrons. The Labute approximate surface area is 180 Å². The number of benzene rings is 1. The van der Waals surface area contributed by atoms with Gasteiger partial charge in [0, 0.05) is 4.88 Å². The minimum atomic E-state index is -0.573. The van der Waals surface area contributed by atoms with Crippen molar-refractivity contribution in [2.75, 3.05) is 19.0 Å².